The Morgan fingerprint density at radius 1 is 0.828 bits per heavy atom. The molecule has 0 radical (unpaired) electrons. The van der Waals surface area contributed by atoms with Crippen LogP contribution in [0.25, 0.3) is 5.57 Å². The van der Waals surface area contributed by atoms with Gasteiger partial charge in [-0.15, -0.1) is 0 Å². The first-order valence-corrected chi connectivity index (χ1v) is 9.24. The largest absolute Gasteiger partial charge is 0.350 e. The van der Waals surface area contributed by atoms with E-state index >= 15 is 0 Å². The minimum Gasteiger partial charge on any atom is -0.350 e. The van der Waals surface area contributed by atoms with Crippen LogP contribution in [0.2, 0.25) is 0 Å². The maximum atomic E-state index is 13.8. The minimum atomic E-state index is -0.514. The van der Waals surface area contributed by atoms with Crippen molar-refractivity contribution in [3.8, 4) is 0 Å². The summed E-state index contributed by atoms with van der Waals surface area (Å²) in [5.74, 6) is -1.51. The van der Waals surface area contributed by atoms with Gasteiger partial charge in [0.15, 0.2) is 0 Å². The molecule has 0 saturated heterocycles. The molecular weight excluding hydrogens is 367 g/mol. The zero-order valence-electron chi connectivity index (χ0n) is 16.1. The van der Waals surface area contributed by atoms with E-state index in [9.17, 15) is 14.0 Å². The number of rotatable bonds is 4. The molecule has 4 rings (SSSR count). The number of nitrogens with zero attached hydrogens (tertiary/aromatic N) is 1. The Morgan fingerprint density at radius 3 is 2.31 bits per heavy atom. The van der Waals surface area contributed by atoms with E-state index in [0.29, 0.717) is 5.56 Å². The van der Waals surface area contributed by atoms with Crippen molar-refractivity contribution in [2.24, 2.45) is 0 Å². The van der Waals surface area contributed by atoms with Crippen LogP contribution < -0.4 is 10.2 Å². The molecular formula is C24H19FN2O2. The number of carbonyl (C=O) groups is 2. The SMILES string of the molecule is Cc1ccc(C)c(NC2=C(c3ccccc3)C(=O)N(c3cccc(F)c3)C2=O)c1. The Balaban J connectivity index is 1.85. The van der Waals surface area contributed by atoms with Gasteiger partial charge in [-0.05, 0) is 54.8 Å². The molecule has 29 heavy (non-hydrogen) atoms. The van der Waals surface area contributed by atoms with E-state index in [1.165, 1.54) is 18.2 Å². The van der Waals surface area contributed by atoms with Crippen LogP contribution in [0, 0.1) is 19.7 Å². The van der Waals surface area contributed by atoms with E-state index in [-0.39, 0.29) is 17.0 Å². The van der Waals surface area contributed by atoms with Gasteiger partial charge in [-0.25, -0.2) is 9.29 Å². The van der Waals surface area contributed by atoms with Crippen LogP contribution in [0.1, 0.15) is 16.7 Å². The highest BCUT2D eigenvalue weighted by molar-refractivity contribution is 6.46. The second kappa shape index (κ2) is 7.36. The Hall–Kier alpha value is -3.73. The first-order valence-electron chi connectivity index (χ1n) is 9.24. The van der Waals surface area contributed by atoms with Gasteiger partial charge in [0.25, 0.3) is 11.8 Å². The van der Waals surface area contributed by atoms with Crippen molar-refractivity contribution in [3.05, 3.63) is 101 Å². The zero-order chi connectivity index (χ0) is 20.5. The van der Waals surface area contributed by atoms with Gasteiger partial charge in [0.2, 0.25) is 0 Å². The number of hydrogen-bond donors (Lipinski definition) is 1. The number of halogens is 1. The highest BCUT2D eigenvalue weighted by atomic mass is 19.1. The van der Waals surface area contributed by atoms with Gasteiger partial charge in [-0.1, -0.05) is 48.5 Å². The van der Waals surface area contributed by atoms with Crippen molar-refractivity contribution in [1.29, 1.82) is 0 Å². The molecule has 144 valence electrons. The number of nitrogens with one attached hydrogen (secondary N) is 1. The van der Waals surface area contributed by atoms with Gasteiger partial charge in [0.1, 0.15) is 11.5 Å². The molecule has 1 aliphatic heterocycles. The van der Waals surface area contributed by atoms with Crippen molar-refractivity contribution < 1.29 is 14.0 Å². The number of hydrogen-bond acceptors (Lipinski definition) is 3. The first-order chi connectivity index (χ1) is 14.0. The lowest BCUT2D eigenvalue weighted by Gasteiger charge is -2.16. The Morgan fingerprint density at radius 2 is 1.59 bits per heavy atom. The lowest BCUT2D eigenvalue weighted by molar-refractivity contribution is -0.120. The number of anilines is 2. The molecule has 1 aliphatic rings. The monoisotopic (exact) mass is 386 g/mol. The molecule has 2 amide bonds. The molecule has 3 aromatic rings. The Kier molecular flexibility index (Phi) is 4.72. The smallest absolute Gasteiger partial charge is 0.282 e. The fraction of sp³-hybridized carbons (Fsp3) is 0.0833. The maximum Gasteiger partial charge on any atom is 0.282 e. The van der Waals surface area contributed by atoms with Crippen LogP contribution >= 0.6 is 0 Å². The van der Waals surface area contributed by atoms with Gasteiger partial charge in [-0.2, -0.15) is 0 Å². The molecule has 0 unspecified atom stereocenters. The highest BCUT2D eigenvalue weighted by Crippen LogP contribution is 2.34. The van der Waals surface area contributed by atoms with E-state index in [1.54, 1.807) is 30.3 Å². The summed E-state index contributed by atoms with van der Waals surface area (Å²) < 4.78 is 13.8. The average molecular weight is 386 g/mol. The molecule has 0 aliphatic carbocycles. The molecule has 0 spiro atoms. The van der Waals surface area contributed by atoms with Gasteiger partial charge in [0, 0.05) is 5.69 Å². The summed E-state index contributed by atoms with van der Waals surface area (Å²) in [4.78, 5) is 27.6. The van der Waals surface area contributed by atoms with Crippen LogP contribution in [-0.2, 0) is 9.59 Å². The van der Waals surface area contributed by atoms with E-state index in [2.05, 4.69) is 5.32 Å². The predicted octanol–water partition coefficient (Wildman–Crippen LogP) is 4.84. The second-order valence-electron chi connectivity index (χ2n) is 6.98. The predicted molar refractivity (Wildman–Crippen MR) is 112 cm³/mol. The lowest BCUT2D eigenvalue weighted by Crippen LogP contribution is -2.32. The second-order valence-corrected chi connectivity index (χ2v) is 6.98. The number of amides is 2. The normalized spacial score (nSPS) is 14.0. The van der Waals surface area contributed by atoms with Gasteiger partial charge in [-0.3, -0.25) is 9.59 Å². The van der Waals surface area contributed by atoms with Crippen molar-refractivity contribution in [2.75, 3.05) is 10.2 Å². The molecule has 0 fully saturated rings. The minimum absolute atomic E-state index is 0.180. The highest BCUT2D eigenvalue weighted by Gasteiger charge is 2.40. The Labute approximate surface area is 168 Å². The van der Waals surface area contributed by atoms with Crippen molar-refractivity contribution in [3.63, 3.8) is 0 Å². The van der Waals surface area contributed by atoms with Crippen LogP contribution in [0.3, 0.4) is 0 Å². The number of imide groups is 1. The quantitative estimate of drug-likeness (QED) is 0.653. The van der Waals surface area contributed by atoms with Gasteiger partial charge >= 0.3 is 0 Å². The topological polar surface area (TPSA) is 49.4 Å². The maximum absolute atomic E-state index is 13.8. The molecule has 4 nitrogen and oxygen atoms in total. The lowest BCUT2D eigenvalue weighted by atomic mass is 10.0. The fourth-order valence-corrected chi connectivity index (χ4v) is 3.37. The van der Waals surface area contributed by atoms with E-state index in [1.807, 2.05) is 38.1 Å². The molecule has 1 N–H and O–H groups in total. The standard InChI is InChI=1S/C24H19FN2O2/c1-15-11-12-16(2)20(13-15)26-22-21(17-7-4-3-5-8-17)23(28)27(24(22)29)19-10-6-9-18(25)14-19/h3-14,26H,1-2H3. The average Bonchev–Trinajstić information content (AvgIpc) is 2.95. The molecule has 3 aromatic carbocycles. The van der Waals surface area contributed by atoms with Crippen LogP contribution in [0.15, 0.2) is 78.5 Å². The summed E-state index contributed by atoms with van der Waals surface area (Å²) in [6.45, 7) is 3.88. The zero-order valence-corrected chi connectivity index (χ0v) is 16.1. The molecule has 0 saturated carbocycles. The van der Waals surface area contributed by atoms with Gasteiger partial charge in [0.05, 0.1) is 11.3 Å². The summed E-state index contributed by atoms with van der Waals surface area (Å²) in [6.07, 6.45) is 0. The summed E-state index contributed by atoms with van der Waals surface area (Å²) in [7, 11) is 0. The molecule has 5 heteroatoms. The summed E-state index contributed by atoms with van der Waals surface area (Å²) >= 11 is 0. The fourth-order valence-electron chi connectivity index (χ4n) is 3.37. The number of aryl methyl sites for hydroxylation is 2. The van der Waals surface area contributed by atoms with Crippen molar-refractivity contribution >= 4 is 28.8 Å². The van der Waals surface area contributed by atoms with Crippen LogP contribution in [0.5, 0.6) is 0 Å². The van der Waals surface area contributed by atoms with Crippen LogP contribution in [-0.4, -0.2) is 11.8 Å². The Bertz CT molecular complexity index is 1150. The van der Waals surface area contributed by atoms with E-state index in [4.69, 9.17) is 0 Å². The van der Waals surface area contributed by atoms with Gasteiger partial charge < -0.3 is 5.32 Å². The van der Waals surface area contributed by atoms with E-state index in [0.717, 1.165) is 21.7 Å². The third-order valence-corrected chi connectivity index (χ3v) is 4.87. The number of benzene rings is 3. The first kappa shape index (κ1) is 18.6. The van der Waals surface area contributed by atoms with E-state index < -0.39 is 17.6 Å². The summed E-state index contributed by atoms with van der Waals surface area (Å²) in [5, 5.41) is 3.17. The summed E-state index contributed by atoms with van der Waals surface area (Å²) in [5.41, 5.74) is 3.98. The molecule has 0 atom stereocenters. The van der Waals surface area contributed by atoms with Crippen molar-refractivity contribution in [1.82, 2.24) is 0 Å². The summed E-state index contributed by atoms with van der Waals surface area (Å²) in [6, 6.07) is 20.3. The van der Waals surface area contributed by atoms with Crippen LogP contribution in [0.4, 0.5) is 15.8 Å². The number of carbonyl (C=O) groups excluding carboxylic acids is 2. The molecule has 1 heterocycles. The third-order valence-electron chi connectivity index (χ3n) is 4.87. The third kappa shape index (κ3) is 3.43. The van der Waals surface area contributed by atoms with Crippen molar-refractivity contribution in [2.45, 2.75) is 13.8 Å². The molecule has 0 aromatic heterocycles. The molecule has 0 bridgehead atoms.